The number of anilines is 2. The molecule has 0 bridgehead atoms. The molecule has 27 heavy (non-hydrogen) atoms. The van der Waals surface area contributed by atoms with E-state index in [2.05, 4.69) is 68.4 Å². The summed E-state index contributed by atoms with van der Waals surface area (Å²) in [6.45, 7) is 12.5. The van der Waals surface area contributed by atoms with Crippen LogP contribution in [0.1, 0.15) is 61.6 Å². The zero-order chi connectivity index (χ0) is 19.6. The normalized spacial score (nSPS) is 15.1. The van der Waals surface area contributed by atoms with Gasteiger partial charge in [0.25, 0.3) is 0 Å². The van der Waals surface area contributed by atoms with Gasteiger partial charge in [-0.05, 0) is 78.8 Å². The molecule has 1 aliphatic rings. The zero-order valence-corrected chi connectivity index (χ0v) is 18.1. The van der Waals surface area contributed by atoms with Crippen LogP contribution in [0.4, 0.5) is 11.4 Å². The van der Waals surface area contributed by atoms with E-state index >= 15 is 0 Å². The first-order valence-corrected chi connectivity index (χ1v) is 10.8. The average Bonchev–Trinajstić information content (AvgIpc) is 2.95. The van der Waals surface area contributed by atoms with E-state index in [-0.39, 0.29) is 11.3 Å². The molecule has 0 fully saturated rings. The van der Waals surface area contributed by atoms with E-state index in [1.54, 1.807) is 4.88 Å². The van der Waals surface area contributed by atoms with Gasteiger partial charge in [-0.1, -0.05) is 20.8 Å². The van der Waals surface area contributed by atoms with Crippen LogP contribution >= 0.6 is 11.3 Å². The van der Waals surface area contributed by atoms with Crippen LogP contribution in [0.2, 0.25) is 0 Å². The topological polar surface area (TPSA) is 32.3 Å². The van der Waals surface area contributed by atoms with Gasteiger partial charge < -0.3 is 10.2 Å². The Morgan fingerprint density at radius 1 is 1.19 bits per heavy atom. The Morgan fingerprint density at radius 2 is 1.89 bits per heavy atom. The summed E-state index contributed by atoms with van der Waals surface area (Å²) in [5.41, 5.74) is 5.97. The molecular weight excluding hydrogens is 352 g/mol. The molecule has 0 unspecified atom stereocenters. The number of benzene rings is 1. The molecule has 1 aromatic heterocycles. The summed E-state index contributed by atoms with van der Waals surface area (Å²) in [6.07, 6.45) is 4.22. The van der Waals surface area contributed by atoms with E-state index in [0.29, 0.717) is 6.42 Å². The number of amides is 1. The van der Waals surface area contributed by atoms with Gasteiger partial charge in [0.05, 0.1) is 0 Å². The largest absolute Gasteiger partial charge is 0.367 e. The fraction of sp³-hybridized carbons (Fsp3) is 0.522. The van der Waals surface area contributed by atoms with E-state index in [4.69, 9.17) is 0 Å². The van der Waals surface area contributed by atoms with Crippen LogP contribution in [-0.2, 0) is 17.8 Å². The van der Waals surface area contributed by atoms with Crippen LogP contribution < -0.4 is 10.2 Å². The van der Waals surface area contributed by atoms with Crippen molar-refractivity contribution in [1.82, 2.24) is 0 Å². The SMILES string of the molecule is Cc1cc(N2CCCCc3sccc3C2)cc(C)c1NC(=O)CC(C)(C)C. The van der Waals surface area contributed by atoms with Crippen molar-refractivity contribution < 1.29 is 4.79 Å². The molecule has 1 N–H and O–H groups in total. The van der Waals surface area contributed by atoms with Gasteiger partial charge >= 0.3 is 0 Å². The molecule has 3 rings (SSSR count). The second kappa shape index (κ2) is 8.05. The lowest BCUT2D eigenvalue weighted by atomic mass is 9.92. The number of fused-ring (bicyclic) bond motifs is 1. The highest BCUT2D eigenvalue weighted by Gasteiger charge is 2.19. The lowest BCUT2D eigenvalue weighted by Crippen LogP contribution is -2.26. The van der Waals surface area contributed by atoms with Crippen LogP contribution in [-0.4, -0.2) is 12.5 Å². The fourth-order valence-electron chi connectivity index (χ4n) is 3.81. The minimum Gasteiger partial charge on any atom is -0.367 e. The third-order valence-corrected chi connectivity index (χ3v) is 6.14. The zero-order valence-electron chi connectivity index (χ0n) is 17.3. The Labute approximate surface area is 167 Å². The number of nitrogens with one attached hydrogen (secondary N) is 1. The summed E-state index contributed by atoms with van der Waals surface area (Å²) >= 11 is 1.89. The Kier molecular flexibility index (Phi) is 5.95. The molecule has 0 saturated carbocycles. The molecule has 0 spiro atoms. The second-order valence-electron chi connectivity index (χ2n) is 8.99. The van der Waals surface area contributed by atoms with Crippen molar-refractivity contribution in [2.24, 2.45) is 5.41 Å². The molecular formula is C23H32N2OS. The first-order valence-electron chi connectivity index (χ1n) is 9.94. The number of thiophene rings is 1. The summed E-state index contributed by atoms with van der Waals surface area (Å²) in [5, 5.41) is 5.36. The van der Waals surface area contributed by atoms with Gasteiger partial charge in [-0.25, -0.2) is 0 Å². The van der Waals surface area contributed by atoms with Gasteiger partial charge in [-0.2, -0.15) is 0 Å². The van der Waals surface area contributed by atoms with Crippen molar-refractivity contribution in [2.45, 2.75) is 66.8 Å². The maximum Gasteiger partial charge on any atom is 0.224 e. The third-order valence-electron chi connectivity index (χ3n) is 5.12. The standard InChI is InChI=1S/C23H32N2OS/c1-16-12-19(13-17(2)22(16)24-21(26)14-23(3,4)5)25-10-7-6-8-20-18(15-25)9-11-27-20/h9,11-13H,6-8,10,14-15H2,1-5H3,(H,24,26). The van der Waals surface area contributed by atoms with E-state index in [9.17, 15) is 4.79 Å². The summed E-state index contributed by atoms with van der Waals surface area (Å²) in [7, 11) is 0. The summed E-state index contributed by atoms with van der Waals surface area (Å²) in [6, 6.07) is 6.74. The molecule has 1 aromatic carbocycles. The molecule has 2 heterocycles. The van der Waals surface area contributed by atoms with Crippen LogP contribution in [0.3, 0.4) is 0 Å². The van der Waals surface area contributed by atoms with Gasteiger partial charge in [-0.3, -0.25) is 4.79 Å². The van der Waals surface area contributed by atoms with Crippen molar-refractivity contribution in [1.29, 1.82) is 0 Å². The molecule has 4 heteroatoms. The Hall–Kier alpha value is -1.81. The Morgan fingerprint density at radius 3 is 2.56 bits per heavy atom. The summed E-state index contributed by atoms with van der Waals surface area (Å²) < 4.78 is 0. The highest BCUT2D eigenvalue weighted by atomic mass is 32.1. The van der Waals surface area contributed by atoms with Crippen LogP contribution in [0, 0.1) is 19.3 Å². The molecule has 0 radical (unpaired) electrons. The summed E-state index contributed by atoms with van der Waals surface area (Å²) in [5.74, 6) is 0.0932. The number of hydrogen-bond acceptors (Lipinski definition) is 3. The quantitative estimate of drug-likeness (QED) is 0.695. The third kappa shape index (κ3) is 5.13. The van der Waals surface area contributed by atoms with E-state index in [1.807, 2.05) is 11.3 Å². The summed E-state index contributed by atoms with van der Waals surface area (Å²) in [4.78, 5) is 16.4. The Balaban J connectivity index is 1.81. The number of rotatable bonds is 3. The molecule has 2 aromatic rings. The van der Waals surface area contributed by atoms with E-state index in [0.717, 1.165) is 29.9 Å². The first kappa shape index (κ1) is 19.9. The molecule has 3 nitrogen and oxygen atoms in total. The number of carbonyl (C=O) groups excluding carboxylic acids is 1. The molecule has 0 aliphatic carbocycles. The number of nitrogens with zero attached hydrogens (tertiary/aromatic N) is 1. The lowest BCUT2D eigenvalue weighted by molar-refractivity contribution is -0.117. The minimum absolute atomic E-state index is 0.00532. The van der Waals surface area contributed by atoms with Gasteiger partial charge in [0, 0.05) is 35.8 Å². The van der Waals surface area contributed by atoms with Crippen molar-refractivity contribution in [3.05, 3.63) is 45.1 Å². The van der Waals surface area contributed by atoms with Crippen molar-refractivity contribution >= 4 is 28.6 Å². The van der Waals surface area contributed by atoms with Crippen LogP contribution in [0.15, 0.2) is 23.6 Å². The minimum atomic E-state index is -0.00532. The predicted octanol–water partition coefficient (Wildman–Crippen LogP) is 6.08. The number of aryl methyl sites for hydroxylation is 3. The van der Waals surface area contributed by atoms with Crippen LogP contribution in [0.25, 0.3) is 0 Å². The predicted molar refractivity (Wildman–Crippen MR) is 117 cm³/mol. The monoisotopic (exact) mass is 384 g/mol. The number of hydrogen-bond donors (Lipinski definition) is 1. The van der Waals surface area contributed by atoms with Crippen LogP contribution in [0.5, 0.6) is 0 Å². The molecule has 0 saturated heterocycles. The van der Waals surface area contributed by atoms with Gasteiger partial charge in [-0.15, -0.1) is 11.3 Å². The Bertz CT molecular complexity index is 793. The average molecular weight is 385 g/mol. The second-order valence-corrected chi connectivity index (χ2v) is 9.99. The smallest absolute Gasteiger partial charge is 0.224 e. The maximum absolute atomic E-state index is 12.4. The van der Waals surface area contributed by atoms with Gasteiger partial charge in [0.1, 0.15) is 0 Å². The first-order chi connectivity index (χ1) is 12.7. The number of carbonyl (C=O) groups is 1. The van der Waals surface area contributed by atoms with Crippen molar-refractivity contribution in [3.63, 3.8) is 0 Å². The molecule has 1 aliphatic heterocycles. The van der Waals surface area contributed by atoms with E-state index in [1.165, 1.54) is 30.5 Å². The molecule has 1 amide bonds. The van der Waals surface area contributed by atoms with Crippen molar-refractivity contribution in [2.75, 3.05) is 16.8 Å². The van der Waals surface area contributed by atoms with E-state index < -0.39 is 0 Å². The molecule has 0 atom stereocenters. The highest BCUT2D eigenvalue weighted by molar-refractivity contribution is 7.10. The van der Waals surface area contributed by atoms with Gasteiger partial charge in [0.2, 0.25) is 5.91 Å². The highest BCUT2D eigenvalue weighted by Crippen LogP contribution is 2.31. The fourth-order valence-corrected chi connectivity index (χ4v) is 4.75. The van der Waals surface area contributed by atoms with Gasteiger partial charge in [0.15, 0.2) is 0 Å². The van der Waals surface area contributed by atoms with Crippen molar-refractivity contribution in [3.8, 4) is 0 Å². The lowest BCUT2D eigenvalue weighted by Gasteiger charge is -2.28. The maximum atomic E-state index is 12.4. The molecule has 146 valence electrons.